The highest BCUT2D eigenvalue weighted by Gasteiger charge is 2.31. The number of aryl methyl sites for hydroxylation is 2. The number of carbonyl (C=O) groups excluding carboxylic acids is 2. The van der Waals surface area contributed by atoms with Gasteiger partial charge in [-0.05, 0) is 74.6 Å². The molecule has 0 aliphatic heterocycles. The molecule has 36 heavy (non-hydrogen) atoms. The largest absolute Gasteiger partial charge is 0.352 e. The summed E-state index contributed by atoms with van der Waals surface area (Å²) in [5.41, 5.74) is 2.91. The van der Waals surface area contributed by atoms with Gasteiger partial charge in [0.15, 0.2) is 0 Å². The monoisotopic (exact) mass is 553 g/mol. The van der Waals surface area contributed by atoms with Crippen molar-refractivity contribution in [1.82, 2.24) is 10.2 Å². The first-order valence-corrected chi connectivity index (χ1v) is 14.6. The molecule has 0 aromatic heterocycles. The summed E-state index contributed by atoms with van der Waals surface area (Å²) < 4.78 is 26.5. The van der Waals surface area contributed by atoms with Crippen LogP contribution in [0.15, 0.2) is 36.4 Å². The molecule has 0 spiro atoms. The number of halogens is 2. The van der Waals surface area contributed by atoms with Gasteiger partial charge in [0.25, 0.3) is 0 Å². The molecule has 1 saturated carbocycles. The Balaban J connectivity index is 1.92. The first-order valence-electron chi connectivity index (χ1n) is 12.0. The number of hydrogen-bond acceptors (Lipinski definition) is 4. The lowest BCUT2D eigenvalue weighted by Gasteiger charge is -2.32. The zero-order valence-corrected chi connectivity index (χ0v) is 23.4. The Morgan fingerprint density at radius 3 is 2.31 bits per heavy atom. The van der Waals surface area contributed by atoms with E-state index in [1.54, 1.807) is 37.3 Å². The van der Waals surface area contributed by atoms with Crippen molar-refractivity contribution in [3.8, 4) is 0 Å². The molecule has 1 aliphatic rings. The van der Waals surface area contributed by atoms with Gasteiger partial charge in [-0.15, -0.1) is 0 Å². The van der Waals surface area contributed by atoms with Crippen LogP contribution in [0.1, 0.15) is 49.3 Å². The molecule has 0 unspecified atom stereocenters. The molecule has 7 nitrogen and oxygen atoms in total. The van der Waals surface area contributed by atoms with Gasteiger partial charge in [0.1, 0.15) is 12.6 Å². The molecule has 196 valence electrons. The second-order valence-corrected chi connectivity index (χ2v) is 12.2. The highest BCUT2D eigenvalue weighted by Crippen LogP contribution is 2.25. The maximum Gasteiger partial charge on any atom is 0.244 e. The molecule has 10 heteroatoms. The van der Waals surface area contributed by atoms with E-state index >= 15 is 0 Å². The minimum Gasteiger partial charge on any atom is -0.352 e. The third-order valence-electron chi connectivity index (χ3n) is 6.68. The van der Waals surface area contributed by atoms with Crippen LogP contribution < -0.4 is 9.62 Å². The lowest BCUT2D eigenvalue weighted by molar-refractivity contribution is -0.139. The van der Waals surface area contributed by atoms with Gasteiger partial charge in [0.2, 0.25) is 21.8 Å². The number of carbonyl (C=O) groups is 2. The van der Waals surface area contributed by atoms with Gasteiger partial charge in [-0.2, -0.15) is 0 Å². The summed E-state index contributed by atoms with van der Waals surface area (Å²) in [6.45, 7) is 5.03. The second-order valence-electron chi connectivity index (χ2n) is 9.46. The fourth-order valence-electron chi connectivity index (χ4n) is 4.30. The van der Waals surface area contributed by atoms with E-state index in [2.05, 4.69) is 5.32 Å². The third kappa shape index (κ3) is 7.14. The quantitative estimate of drug-likeness (QED) is 0.480. The molecule has 3 rings (SSSR count). The first-order chi connectivity index (χ1) is 16.9. The summed E-state index contributed by atoms with van der Waals surface area (Å²) in [5, 5.41) is 3.84. The van der Waals surface area contributed by atoms with Gasteiger partial charge >= 0.3 is 0 Å². The third-order valence-corrected chi connectivity index (χ3v) is 8.41. The Kier molecular flexibility index (Phi) is 9.30. The van der Waals surface area contributed by atoms with E-state index in [0.717, 1.165) is 47.4 Å². The molecule has 0 radical (unpaired) electrons. The number of benzene rings is 2. The van der Waals surface area contributed by atoms with Crippen molar-refractivity contribution < 1.29 is 18.0 Å². The first kappa shape index (κ1) is 28.3. The summed E-state index contributed by atoms with van der Waals surface area (Å²) in [5.74, 6) is -0.795. The van der Waals surface area contributed by atoms with Gasteiger partial charge in [0.05, 0.1) is 11.9 Å². The van der Waals surface area contributed by atoms with E-state index in [9.17, 15) is 18.0 Å². The van der Waals surface area contributed by atoms with Crippen molar-refractivity contribution in [1.29, 1.82) is 0 Å². The Hall–Kier alpha value is -2.29. The van der Waals surface area contributed by atoms with E-state index in [4.69, 9.17) is 23.2 Å². The number of nitrogens with one attached hydrogen (secondary N) is 1. The Morgan fingerprint density at radius 2 is 1.72 bits per heavy atom. The summed E-state index contributed by atoms with van der Waals surface area (Å²) >= 11 is 12.4. The van der Waals surface area contributed by atoms with E-state index < -0.39 is 28.5 Å². The Labute approximate surface area is 223 Å². The highest BCUT2D eigenvalue weighted by molar-refractivity contribution is 7.92. The minimum atomic E-state index is -3.79. The average molecular weight is 555 g/mol. The molecule has 0 heterocycles. The fourth-order valence-corrected chi connectivity index (χ4v) is 5.61. The van der Waals surface area contributed by atoms with Crippen LogP contribution in [0.2, 0.25) is 10.0 Å². The van der Waals surface area contributed by atoms with E-state index in [-0.39, 0.29) is 18.5 Å². The summed E-state index contributed by atoms with van der Waals surface area (Å²) in [6, 6.07) is 9.40. The molecule has 1 aliphatic carbocycles. The molecule has 1 fully saturated rings. The number of hydrogen-bond donors (Lipinski definition) is 1. The predicted molar refractivity (Wildman–Crippen MR) is 145 cm³/mol. The molecule has 0 bridgehead atoms. The van der Waals surface area contributed by atoms with Crippen LogP contribution in [0.3, 0.4) is 0 Å². The SMILES string of the molecule is Cc1ccc(N(CC(=O)N(Cc2ccc(Cl)cc2Cl)[C@H](C)C(=O)NC2CCCC2)S(C)(=O)=O)cc1C. The molecule has 2 aromatic carbocycles. The number of amides is 2. The number of anilines is 1. The molecular formula is C26H33Cl2N3O4S. The summed E-state index contributed by atoms with van der Waals surface area (Å²) in [7, 11) is -3.79. The van der Waals surface area contributed by atoms with Crippen molar-refractivity contribution in [2.24, 2.45) is 0 Å². The number of sulfonamides is 1. The van der Waals surface area contributed by atoms with Crippen LogP contribution in [-0.2, 0) is 26.2 Å². The van der Waals surface area contributed by atoms with Crippen LogP contribution in [0.25, 0.3) is 0 Å². The maximum atomic E-state index is 13.7. The van der Waals surface area contributed by atoms with Crippen LogP contribution in [0.4, 0.5) is 5.69 Å². The lowest BCUT2D eigenvalue weighted by Crippen LogP contribution is -2.52. The summed E-state index contributed by atoms with van der Waals surface area (Å²) in [6.07, 6.45) is 4.99. The van der Waals surface area contributed by atoms with Gasteiger partial charge in [0, 0.05) is 22.6 Å². The van der Waals surface area contributed by atoms with Crippen LogP contribution >= 0.6 is 23.2 Å². The molecule has 0 saturated heterocycles. The molecule has 2 aromatic rings. The van der Waals surface area contributed by atoms with E-state index in [1.807, 2.05) is 19.9 Å². The van der Waals surface area contributed by atoms with Gasteiger partial charge < -0.3 is 10.2 Å². The van der Waals surface area contributed by atoms with Crippen molar-refractivity contribution in [2.75, 3.05) is 17.1 Å². The van der Waals surface area contributed by atoms with E-state index in [1.165, 1.54) is 4.90 Å². The van der Waals surface area contributed by atoms with Crippen molar-refractivity contribution in [2.45, 2.75) is 65.1 Å². The summed E-state index contributed by atoms with van der Waals surface area (Å²) in [4.78, 5) is 28.2. The topological polar surface area (TPSA) is 86.8 Å². The highest BCUT2D eigenvalue weighted by atomic mass is 35.5. The number of rotatable bonds is 9. The van der Waals surface area contributed by atoms with E-state index in [0.29, 0.717) is 21.3 Å². The van der Waals surface area contributed by atoms with Crippen LogP contribution in [0.5, 0.6) is 0 Å². The Bertz CT molecular complexity index is 1230. The van der Waals surface area contributed by atoms with Crippen LogP contribution in [-0.4, -0.2) is 50.0 Å². The number of nitrogens with zero attached hydrogens (tertiary/aromatic N) is 2. The molecule has 1 N–H and O–H groups in total. The second kappa shape index (κ2) is 11.8. The van der Waals surface area contributed by atoms with Crippen molar-refractivity contribution in [3.05, 3.63) is 63.1 Å². The van der Waals surface area contributed by atoms with Crippen molar-refractivity contribution >= 4 is 50.7 Å². The normalized spacial score (nSPS) is 14.9. The van der Waals surface area contributed by atoms with Gasteiger partial charge in [-0.1, -0.05) is 48.2 Å². The zero-order valence-electron chi connectivity index (χ0n) is 21.1. The Morgan fingerprint density at radius 1 is 1.06 bits per heavy atom. The fraction of sp³-hybridized carbons (Fsp3) is 0.462. The molecular weight excluding hydrogens is 521 g/mol. The van der Waals surface area contributed by atoms with Crippen molar-refractivity contribution in [3.63, 3.8) is 0 Å². The minimum absolute atomic E-state index is 0.0264. The van der Waals surface area contributed by atoms with Gasteiger partial charge in [-0.3, -0.25) is 13.9 Å². The maximum absolute atomic E-state index is 13.7. The molecule has 2 amide bonds. The van der Waals surface area contributed by atoms with Gasteiger partial charge in [-0.25, -0.2) is 8.42 Å². The predicted octanol–water partition coefficient (Wildman–Crippen LogP) is 4.85. The standard InChI is InChI=1S/C26H33Cl2N3O4S/c1-17-9-12-23(13-18(17)2)31(36(4,34)35)16-25(32)30(15-20-10-11-21(27)14-24(20)28)19(3)26(33)29-22-7-5-6-8-22/h9-14,19,22H,5-8,15-16H2,1-4H3,(H,29,33)/t19-/m1/s1. The zero-order chi connectivity index (χ0) is 26.6. The lowest BCUT2D eigenvalue weighted by atomic mass is 10.1. The smallest absolute Gasteiger partial charge is 0.244 e. The molecule has 1 atom stereocenters. The average Bonchev–Trinajstić information content (AvgIpc) is 3.30. The van der Waals surface area contributed by atoms with Crippen LogP contribution in [0, 0.1) is 13.8 Å².